The maximum absolute atomic E-state index is 5.18. The quantitative estimate of drug-likeness (QED) is 0.681. The molecule has 68 valence electrons. The van der Waals surface area contributed by atoms with Crippen molar-refractivity contribution < 1.29 is 4.42 Å². The van der Waals surface area contributed by atoms with Crippen molar-refractivity contribution in [3.05, 3.63) is 23.7 Å². The van der Waals surface area contributed by atoms with E-state index >= 15 is 0 Å². The fraction of sp³-hybridized carbons (Fsp3) is 0.600. The second kappa shape index (κ2) is 4.99. The SMILES string of the molecule is CCCCNCc1coc(C)c1. The number of hydrogen-bond acceptors (Lipinski definition) is 2. The number of rotatable bonds is 5. The minimum Gasteiger partial charge on any atom is -0.469 e. The molecular formula is C10H17NO. The van der Waals surface area contributed by atoms with E-state index in [0.29, 0.717) is 0 Å². The zero-order valence-corrected chi connectivity index (χ0v) is 7.89. The molecule has 1 aromatic heterocycles. The molecule has 0 bridgehead atoms. The van der Waals surface area contributed by atoms with E-state index in [-0.39, 0.29) is 0 Å². The van der Waals surface area contributed by atoms with Crippen molar-refractivity contribution in [2.45, 2.75) is 33.2 Å². The van der Waals surface area contributed by atoms with Gasteiger partial charge in [-0.2, -0.15) is 0 Å². The third kappa shape index (κ3) is 3.09. The molecule has 0 saturated carbocycles. The van der Waals surface area contributed by atoms with E-state index in [4.69, 9.17) is 4.42 Å². The van der Waals surface area contributed by atoms with Gasteiger partial charge in [0.25, 0.3) is 0 Å². The Kier molecular flexibility index (Phi) is 3.88. The summed E-state index contributed by atoms with van der Waals surface area (Å²) < 4.78 is 5.18. The molecule has 1 heterocycles. The Morgan fingerprint density at radius 1 is 1.50 bits per heavy atom. The predicted molar refractivity (Wildman–Crippen MR) is 50.1 cm³/mol. The van der Waals surface area contributed by atoms with Crippen LogP contribution < -0.4 is 5.32 Å². The average Bonchev–Trinajstić information content (AvgIpc) is 2.45. The normalized spacial score (nSPS) is 10.5. The summed E-state index contributed by atoms with van der Waals surface area (Å²) in [4.78, 5) is 0. The van der Waals surface area contributed by atoms with Gasteiger partial charge in [-0.15, -0.1) is 0 Å². The number of aryl methyl sites for hydroxylation is 1. The molecule has 2 heteroatoms. The molecule has 0 aliphatic carbocycles. The maximum atomic E-state index is 5.18. The van der Waals surface area contributed by atoms with Gasteiger partial charge < -0.3 is 9.73 Å². The van der Waals surface area contributed by atoms with Crippen LogP contribution in [0.5, 0.6) is 0 Å². The molecule has 1 aromatic rings. The lowest BCUT2D eigenvalue weighted by atomic mass is 10.3. The Bertz CT molecular complexity index is 217. The summed E-state index contributed by atoms with van der Waals surface area (Å²) in [6, 6.07) is 2.07. The fourth-order valence-corrected chi connectivity index (χ4v) is 1.12. The van der Waals surface area contributed by atoms with Crippen molar-refractivity contribution in [3.8, 4) is 0 Å². The number of hydrogen-bond donors (Lipinski definition) is 1. The van der Waals surface area contributed by atoms with Crippen LogP contribution in [0.3, 0.4) is 0 Å². The van der Waals surface area contributed by atoms with Gasteiger partial charge in [-0.05, 0) is 26.0 Å². The van der Waals surface area contributed by atoms with Crippen LogP contribution >= 0.6 is 0 Å². The Labute approximate surface area is 74.0 Å². The minimum absolute atomic E-state index is 0.928. The maximum Gasteiger partial charge on any atom is 0.101 e. The fourth-order valence-electron chi connectivity index (χ4n) is 1.12. The van der Waals surface area contributed by atoms with Crippen LogP contribution in [0.25, 0.3) is 0 Å². The molecular weight excluding hydrogens is 150 g/mol. The summed E-state index contributed by atoms with van der Waals surface area (Å²) >= 11 is 0. The molecule has 0 aliphatic rings. The summed E-state index contributed by atoms with van der Waals surface area (Å²) in [6.45, 7) is 6.19. The molecule has 0 radical (unpaired) electrons. The number of furan rings is 1. The monoisotopic (exact) mass is 167 g/mol. The molecule has 1 N–H and O–H groups in total. The van der Waals surface area contributed by atoms with Gasteiger partial charge in [-0.25, -0.2) is 0 Å². The van der Waals surface area contributed by atoms with Gasteiger partial charge in [0.05, 0.1) is 6.26 Å². The summed E-state index contributed by atoms with van der Waals surface area (Å²) in [5.41, 5.74) is 1.24. The zero-order chi connectivity index (χ0) is 8.81. The van der Waals surface area contributed by atoms with E-state index in [0.717, 1.165) is 18.8 Å². The van der Waals surface area contributed by atoms with Crippen LogP contribution in [0, 0.1) is 6.92 Å². The van der Waals surface area contributed by atoms with Gasteiger partial charge in [0.1, 0.15) is 5.76 Å². The van der Waals surface area contributed by atoms with E-state index < -0.39 is 0 Å². The van der Waals surface area contributed by atoms with Crippen LogP contribution in [0.1, 0.15) is 31.1 Å². The lowest BCUT2D eigenvalue weighted by molar-refractivity contribution is 0.529. The molecule has 2 nitrogen and oxygen atoms in total. The van der Waals surface area contributed by atoms with E-state index in [2.05, 4.69) is 18.3 Å². The lowest BCUT2D eigenvalue weighted by Gasteiger charge is -1.99. The molecule has 0 aromatic carbocycles. The molecule has 12 heavy (non-hydrogen) atoms. The highest BCUT2D eigenvalue weighted by atomic mass is 16.3. The standard InChI is InChI=1S/C10H17NO/c1-3-4-5-11-7-10-6-9(2)12-8-10/h6,8,11H,3-5,7H2,1-2H3. The summed E-state index contributed by atoms with van der Waals surface area (Å²) in [5.74, 6) is 0.988. The number of unbranched alkanes of at least 4 members (excludes halogenated alkanes) is 1. The predicted octanol–water partition coefficient (Wildman–Crippen LogP) is 2.48. The summed E-state index contributed by atoms with van der Waals surface area (Å²) in [7, 11) is 0. The Balaban J connectivity index is 2.15. The Morgan fingerprint density at radius 3 is 2.92 bits per heavy atom. The second-order valence-electron chi connectivity index (χ2n) is 3.10. The molecule has 0 aliphatic heterocycles. The Morgan fingerprint density at radius 2 is 2.33 bits per heavy atom. The van der Waals surface area contributed by atoms with E-state index in [1.165, 1.54) is 18.4 Å². The second-order valence-corrected chi connectivity index (χ2v) is 3.10. The van der Waals surface area contributed by atoms with Gasteiger partial charge in [0, 0.05) is 12.1 Å². The van der Waals surface area contributed by atoms with E-state index in [9.17, 15) is 0 Å². The van der Waals surface area contributed by atoms with Crippen molar-refractivity contribution >= 4 is 0 Å². The molecule has 0 amide bonds. The Hall–Kier alpha value is -0.760. The lowest BCUT2D eigenvalue weighted by Crippen LogP contribution is -2.13. The first-order chi connectivity index (χ1) is 5.83. The highest BCUT2D eigenvalue weighted by Gasteiger charge is 1.95. The zero-order valence-electron chi connectivity index (χ0n) is 7.89. The summed E-state index contributed by atoms with van der Waals surface area (Å²) in [6.07, 6.45) is 4.31. The first-order valence-corrected chi connectivity index (χ1v) is 4.57. The van der Waals surface area contributed by atoms with Gasteiger partial charge in [0.15, 0.2) is 0 Å². The van der Waals surface area contributed by atoms with Crippen molar-refractivity contribution in [2.75, 3.05) is 6.54 Å². The van der Waals surface area contributed by atoms with Gasteiger partial charge >= 0.3 is 0 Å². The highest BCUT2D eigenvalue weighted by molar-refractivity contribution is 5.10. The first-order valence-electron chi connectivity index (χ1n) is 4.57. The largest absolute Gasteiger partial charge is 0.469 e. The molecule has 0 saturated heterocycles. The van der Waals surface area contributed by atoms with Crippen LogP contribution in [-0.2, 0) is 6.54 Å². The molecule has 0 unspecified atom stereocenters. The number of nitrogens with one attached hydrogen (secondary N) is 1. The molecule has 0 spiro atoms. The van der Waals surface area contributed by atoms with E-state index in [1.54, 1.807) is 0 Å². The van der Waals surface area contributed by atoms with Crippen LogP contribution in [0.2, 0.25) is 0 Å². The van der Waals surface area contributed by atoms with E-state index in [1.807, 2.05) is 13.2 Å². The molecule has 0 fully saturated rings. The van der Waals surface area contributed by atoms with Crippen LogP contribution in [0.15, 0.2) is 16.7 Å². The third-order valence-electron chi connectivity index (χ3n) is 1.82. The van der Waals surface area contributed by atoms with Crippen molar-refractivity contribution in [3.63, 3.8) is 0 Å². The van der Waals surface area contributed by atoms with Crippen LogP contribution in [-0.4, -0.2) is 6.54 Å². The third-order valence-corrected chi connectivity index (χ3v) is 1.82. The molecule has 0 atom stereocenters. The van der Waals surface area contributed by atoms with Gasteiger partial charge in [0.2, 0.25) is 0 Å². The van der Waals surface area contributed by atoms with Crippen molar-refractivity contribution in [1.82, 2.24) is 5.32 Å². The van der Waals surface area contributed by atoms with Crippen LogP contribution in [0.4, 0.5) is 0 Å². The first kappa shape index (κ1) is 9.33. The summed E-state index contributed by atoms with van der Waals surface area (Å²) in [5, 5.41) is 3.36. The van der Waals surface area contributed by atoms with Crippen molar-refractivity contribution in [2.24, 2.45) is 0 Å². The average molecular weight is 167 g/mol. The van der Waals surface area contributed by atoms with Gasteiger partial charge in [-0.3, -0.25) is 0 Å². The highest BCUT2D eigenvalue weighted by Crippen LogP contribution is 2.05. The minimum atomic E-state index is 0.928. The smallest absolute Gasteiger partial charge is 0.101 e. The van der Waals surface area contributed by atoms with Gasteiger partial charge in [-0.1, -0.05) is 13.3 Å². The molecule has 1 rings (SSSR count). The van der Waals surface area contributed by atoms with Crippen molar-refractivity contribution in [1.29, 1.82) is 0 Å². The topological polar surface area (TPSA) is 25.2 Å².